The molecule has 0 radical (unpaired) electrons. The molecule has 1 aromatic rings. The summed E-state index contributed by atoms with van der Waals surface area (Å²) in [6, 6.07) is 5.00. The first-order chi connectivity index (χ1) is 8.15. The Balaban J connectivity index is 2.45. The van der Waals surface area contributed by atoms with E-state index in [0.717, 1.165) is 24.9 Å². The van der Waals surface area contributed by atoms with Crippen molar-refractivity contribution in [2.45, 2.75) is 19.4 Å². The molecule has 0 spiro atoms. The zero-order chi connectivity index (χ0) is 12.7. The molecule has 0 aromatic heterocycles. The summed E-state index contributed by atoms with van der Waals surface area (Å²) in [6.07, 6.45) is 2.05. The Morgan fingerprint density at radius 2 is 2.12 bits per heavy atom. The van der Waals surface area contributed by atoms with Crippen molar-refractivity contribution in [1.29, 1.82) is 0 Å². The molecule has 0 amide bonds. The van der Waals surface area contributed by atoms with Crippen molar-refractivity contribution in [1.82, 2.24) is 5.32 Å². The van der Waals surface area contributed by atoms with Gasteiger partial charge in [0.25, 0.3) is 0 Å². The summed E-state index contributed by atoms with van der Waals surface area (Å²) in [4.78, 5) is 10.8. The van der Waals surface area contributed by atoms with E-state index in [1.165, 1.54) is 6.07 Å². The van der Waals surface area contributed by atoms with Crippen LogP contribution in [0.3, 0.4) is 0 Å². The molecule has 0 heterocycles. The molecule has 6 N–H and O–H groups in total. The maximum atomic E-state index is 10.8. The van der Waals surface area contributed by atoms with Gasteiger partial charge in [-0.3, -0.25) is 0 Å². The van der Waals surface area contributed by atoms with E-state index in [2.05, 4.69) is 5.32 Å². The number of carboxylic acids is 1. The molecule has 0 saturated heterocycles. The van der Waals surface area contributed by atoms with Crippen molar-refractivity contribution in [3.05, 3.63) is 29.3 Å². The number of hydrogen-bond donors (Lipinski definition) is 4. The van der Waals surface area contributed by atoms with E-state index in [9.17, 15) is 4.79 Å². The highest BCUT2D eigenvalue weighted by atomic mass is 16.4. The smallest absolute Gasteiger partial charge is 0.337 e. The van der Waals surface area contributed by atoms with Gasteiger partial charge in [0.1, 0.15) is 0 Å². The molecule has 0 fully saturated rings. The SMILES string of the molecule is NCCCCNCc1ccc(C(=O)O)c(N)c1. The predicted octanol–water partition coefficient (Wildman–Crippen LogP) is 0.796. The normalized spacial score (nSPS) is 10.4. The van der Waals surface area contributed by atoms with E-state index >= 15 is 0 Å². The van der Waals surface area contributed by atoms with Crippen LogP contribution in [0.5, 0.6) is 0 Å². The lowest BCUT2D eigenvalue weighted by Gasteiger charge is -2.07. The van der Waals surface area contributed by atoms with Crippen LogP contribution in [0.15, 0.2) is 18.2 Å². The largest absolute Gasteiger partial charge is 0.478 e. The second-order valence-electron chi connectivity index (χ2n) is 3.90. The van der Waals surface area contributed by atoms with Gasteiger partial charge in [-0.2, -0.15) is 0 Å². The van der Waals surface area contributed by atoms with Crippen LogP contribution in [-0.2, 0) is 6.54 Å². The molecule has 0 atom stereocenters. The summed E-state index contributed by atoms with van der Waals surface area (Å²) < 4.78 is 0. The molecule has 0 unspecified atom stereocenters. The van der Waals surface area contributed by atoms with Gasteiger partial charge in [-0.1, -0.05) is 6.07 Å². The number of rotatable bonds is 7. The van der Waals surface area contributed by atoms with Gasteiger partial charge in [0.05, 0.1) is 5.56 Å². The lowest BCUT2D eigenvalue weighted by Crippen LogP contribution is -2.16. The van der Waals surface area contributed by atoms with Crippen molar-refractivity contribution in [3.8, 4) is 0 Å². The predicted molar refractivity (Wildman–Crippen MR) is 67.8 cm³/mol. The second kappa shape index (κ2) is 6.88. The van der Waals surface area contributed by atoms with Gasteiger partial charge in [0, 0.05) is 12.2 Å². The average molecular weight is 237 g/mol. The van der Waals surface area contributed by atoms with Crippen LogP contribution in [0.25, 0.3) is 0 Å². The zero-order valence-corrected chi connectivity index (χ0v) is 9.78. The Morgan fingerprint density at radius 1 is 1.35 bits per heavy atom. The number of nitrogens with two attached hydrogens (primary N) is 2. The third-order valence-corrected chi connectivity index (χ3v) is 2.48. The Labute approximate surface area is 101 Å². The van der Waals surface area contributed by atoms with Gasteiger partial charge in [-0.05, 0) is 43.6 Å². The summed E-state index contributed by atoms with van der Waals surface area (Å²) in [5.41, 5.74) is 12.5. The molecule has 1 rings (SSSR count). The van der Waals surface area contributed by atoms with Crippen LogP contribution in [0.4, 0.5) is 5.69 Å². The minimum Gasteiger partial charge on any atom is -0.478 e. The highest BCUT2D eigenvalue weighted by molar-refractivity contribution is 5.93. The summed E-state index contributed by atoms with van der Waals surface area (Å²) in [7, 11) is 0. The number of unbranched alkanes of at least 4 members (excludes halogenated alkanes) is 1. The molecule has 17 heavy (non-hydrogen) atoms. The molecule has 0 bridgehead atoms. The van der Waals surface area contributed by atoms with E-state index in [-0.39, 0.29) is 5.56 Å². The van der Waals surface area contributed by atoms with Crippen LogP contribution in [-0.4, -0.2) is 24.2 Å². The minimum absolute atomic E-state index is 0.150. The topological polar surface area (TPSA) is 101 Å². The van der Waals surface area contributed by atoms with Gasteiger partial charge >= 0.3 is 5.97 Å². The summed E-state index contributed by atoms with van der Waals surface area (Å²) >= 11 is 0. The van der Waals surface area contributed by atoms with Crippen molar-refractivity contribution in [2.75, 3.05) is 18.8 Å². The Bertz CT molecular complexity index is 380. The number of carbonyl (C=O) groups is 1. The molecule has 1 aromatic carbocycles. The molecule has 94 valence electrons. The number of nitrogen functional groups attached to an aromatic ring is 1. The standard InChI is InChI=1S/C12H19N3O2/c13-5-1-2-6-15-8-9-3-4-10(12(16)17)11(14)7-9/h3-4,7,15H,1-2,5-6,8,13-14H2,(H,16,17). The minimum atomic E-state index is -0.995. The fourth-order valence-corrected chi connectivity index (χ4v) is 1.54. The number of carboxylic acid groups (broad SMARTS) is 1. The monoisotopic (exact) mass is 237 g/mol. The molecule has 0 aliphatic carbocycles. The fraction of sp³-hybridized carbons (Fsp3) is 0.417. The van der Waals surface area contributed by atoms with Crippen molar-refractivity contribution >= 4 is 11.7 Å². The number of benzene rings is 1. The van der Waals surface area contributed by atoms with E-state index in [1.54, 1.807) is 12.1 Å². The molecular formula is C12H19N3O2. The van der Waals surface area contributed by atoms with Crippen LogP contribution in [0, 0.1) is 0 Å². The fourth-order valence-electron chi connectivity index (χ4n) is 1.54. The third kappa shape index (κ3) is 4.42. The van der Waals surface area contributed by atoms with Crippen LogP contribution < -0.4 is 16.8 Å². The first-order valence-electron chi connectivity index (χ1n) is 5.67. The number of nitrogens with one attached hydrogen (secondary N) is 1. The third-order valence-electron chi connectivity index (χ3n) is 2.48. The summed E-state index contributed by atoms with van der Waals surface area (Å²) in [5, 5.41) is 12.1. The molecule has 0 aliphatic heterocycles. The first-order valence-corrected chi connectivity index (χ1v) is 5.67. The Morgan fingerprint density at radius 3 is 2.71 bits per heavy atom. The van der Waals surface area contributed by atoms with Crippen molar-refractivity contribution in [3.63, 3.8) is 0 Å². The van der Waals surface area contributed by atoms with E-state index in [4.69, 9.17) is 16.6 Å². The number of anilines is 1. The maximum absolute atomic E-state index is 10.8. The van der Waals surface area contributed by atoms with Gasteiger partial charge in [0.15, 0.2) is 0 Å². The van der Waals surface area contributed by atoms with Crippen LogP contribution in [0.1, 0.15) is 28.8 Å². The quantitative estimate of drug-likeness (QED) is 0.415. The summed E-state index contributed by atoms with van der Waals surface area (Å²) in [5.74, 6) is -0.995. The van der Waals surface area contributed by atoms with Gasteiger partial charge in [0.2, 0.25) is 0 Å². The van der Waals surface area contributed by atoms with Crippen molar-refractivity contribution in [2.24, 2.45) is 5.73 Å². The van der Waals surface area contributed by atoms with Gasteiger partial charge in [-0.15, -0.1) is 0 Å². The lowest BCUT2D eigenvalue weighted by molar-refractivity contribution is 0.0698. The van der Waals surface area contributed by atoms with E-state index in [1.807, 2.05) is 0 Å². The first kappa shape index (κ1) is 13.5. The van der Waals surface area contributed by atoms with Crippen LogP contribution >= 0.6 is 0 Å². The second-order valence-corrected chi connectivity index (χ2v) is 3.90. The Kier molecular flexibility index (Phi) is 5.45. The molecule has 0 aliphatic rings. The Hall–Kier alpha value is -1.59. The van der Waals surface area contributed by atoms with Crippen molar-refractivity contribution < 1.29 is 9.90 Å². The number of aromatic carboxylic acids is 1. The number of hydrogen-bond acceptors (Lipinski definition) is 4. The highest BCUT2D eigenvalue weighted by Gasteiger charge is 2.07. The van der Waals surface area contributed by atoms with E-state index in [0.29, 0.717) is 18.8 Å². The van der Waals surface area contributed by atoms with Gasteiger partial charge < -0.3 is 21.9 Å². The molecule has 5 heteroatoms. The summed E-state index contributed by atoms with van der Waals surface area (Å²) in [6.45, 7) is 2.30. The zero-order valence-electron chi connectivity index (χ0n) is 9.78. The molecule has 0 saturated carbocycles. The van der Waals surface area contributed by atoms with Gasteiger partial charge in [-0.25, -0.2) is 4.79 Å². The molecular weight excluding hydrogens is 218 g/mol. The molecule has 5 nitrogen and oxygen atoms in total. The van der Waals surface area contributed by atoms with Crippen LogP contribution in [0.2, 0.25) is 0 Å². The lowest BCUT2D eigenvalue weighted by atomic mass is 10.1. The van der Waals surface area contributed by atoms with E-state index < -0.39 is 5.97 Å². The maximum Gasteiger partial charge on any atom is 0.337 e. The average Bonchev–Trinajstić information content (AvgIpc) is 2.28. The highest BCUT2D eigenvalue weighted by Crippen LogP contribution is 2.14.